The second-order valence-corrected chi connectivity index (χ2v) is 15.4. The van der Waals surface area contributed by atoms with Crippen LogP contribution in [0, 0.1) is 0 Å². The molecular weight excluding hydrogens is 601 g/mol. The standard InChI is InChI=1S/C37H74NO7P/c1-6-8-10-12-14-16-17-18-19-20-21-22-23-25-27-29-32-42-34-36(35-44-46(40,41)43-33-31-38(3,4)5)45-37(39)30-28-26-24-15-13-11-9-7-2/h29,32,36H,6-28,30-31,33-35H2,1-5H3/b32-29+/t36-/m0/s1. The zero-order chi connectivity index (χ0) is 34.2. The first-order valence-corrected chi connectivity index (χ1v) is 20.4. The number of rotatable bonds is 35. The summed E-state index contributed by atoms with van der Waals surface area (Å²) < 4.78 is 34.1. The van der Waals surface area contributed by atoms with Crippen molar-refractivity contribution >= 4 is 13.8 Å². The van der Waals surface area contributed by atoms with Gasteiger partial charge in [0.25, 0.3) is 7.82 Å². The van der Waals surface area contributed by atoms with Crippen molar-refractivity contribution in [2.75, 3.05) is 47.5 Å². The van der Waals surface area contributed by atoms with E-state index in [1.54, 1.807) is 6.26 Å². The third-order valence-electron chi connectivity index (χ3n) is 8.16. The average molecular weight is 676 g/mol. The molecule has 2 atom stereocenters. The second-order valence-electron chi connectivity index (χ2n) is 14.0. The predicted molar refractivity (Wildman–Crippen MR) is 190 cm³/mol. The molecule has 0 saturated heterocycles. The van der Waals surface area contributed by atoms with E-state index in [2.05, 4.69) is 13.8 Å². The van der Waals surface area contributed by atoms with Crippen LogP contribution < -0.4 is 4.89 Å². The molecule has 274 valence electrons. The second kappa shape index (κ2) is 31.4. The van der Waals surface area contributed by atoms with E-state index in [-0.39, 0.29) is 25.8 Å². The van der Waals surface area contributed by atoms with Crippen molar-refractivity contribution in [2.24, 2.45) is 0 Å². The summed E-state index contributed by atoms with van der Waals surface area (Å²) in [7, 11) is 1.33. The van der Waals surface area contributed by atoms with Crippen molar-refractivity contribution in [2.45, 2.75) is 174 Å². The van der Waals surface area contributed by atoms with Crippen molar-refractivity contribution in [3.63, 3.8) is 0 Å². The lowest BCUT2D eigenvalue weighted by atomic mass is 10.0. The van der Waals surface area contributed by atoms with Crippen LogP contribution in [0.4, 0.5) is 0 Å². The first-order valence-electron chi connectivity index (χ1n) is 19.0. The van der Waals surface area contributed by atoms with Gasteiger partial charge in [-0.3, -0.25) is 9.36 Å². The highest BCUT2D eigenvalue weighted by atomic mass is 31.2. The minimum atomic E-state index is -4.52. The summed E-state index contributed by atoms with van der Waals surface area (Å²) in [5.41, 5.74) is 0. The number of hydrogen-bond donors (Lipinski definition) is 0. The molecule has 0 aliphatic rings. The summed E-state index contributed by atoms with van der Waals surface area (Å²) >= 11 is 0. The number of esters is 1. The van der Waals surface area contributed by atoms with E-state index in [0.29, 0.717) is 17.4 Å². The number of phosphoric acid groups is 1. The molecule has 46 heavy (non-hydrogen) atoms. The molecular formula is C37H74NO7P. The highest BCUT2D eigenvalue weighted by Crippen LogP contribution is 2.38. The van der Waals surface area contributed by atoms with E-state index in [1.807, 2.05) is 27.2 Å². The van der Waals surface area contributed by atoms with Crippen LogP contribution in [-0.4, -0.2) is 64.1 Å². The lowest BCUT2D eigenvalue weighted by Crippen LogP contribution is -2.37. The Labute approximate surface area is 284 Å². The summed E-state index contributed by atoms with van der Waals surface area (Å²) in [5.74, 6) is -0.360. The summed E-state index contributed by atoms with van der Waals surface area (Å²) in [6.45, 7) is 4.71. The molecule has 0 aliphatic heterocycles. The van der Waals surface area contributed by atoms with Gasteiger partial charge < -0.3 is 27.9 Å². The number of phosphoric ester groups is 1. The first kappa shape index (κ1) is 45.1. The van der Waals surface area contributed by atoms with Gasteiger partial charge in [-0.05, 0) is 25.3 Å². The fourth-order valence-corrected chi connectivity index (χ4v) is 5.89. The van der Waals surface area contributed by atoms with Gasteiger partial charge in [-0.15, -0.1) is 0 Å². The van der Waals surface area contributed by atoms with Gasteiger partial charge in [-0.1, -0.05) is 142 Å². The third kappa shape index (κ3) is 34.4. The topological polar surface area (TPSA) is 94.1 Å². The maximum Gasteiger partial charge on any atom is 0.306 e. The molecule has 0 N–H and O–H groups in total. The molecule has 0 aromatic carbocycles. The molecule has 0 bridgehead atoms. The minimum Gasteiger partial charge on any atom is -0.756 e. The predicted octanol–water partition coefficient (Wildman–Crippen LogP) is 10.0. The summed E-state index contributed by atoms with van der Waals surface area (Å²) in [4.78, 5) is 24.8. The number of quaternary nitrogens is 1. The Morgan fingerprint density at radius 3 is 1.61 bits per heavy atom. The van der Waals surface area contributed by atoms with Crippen molar-refractivity contribution in [1.29, 1.82) is 0 Å². The third-order valence-corrected chi connectivity index (χ3v) is 9.13. The van der Waals surface area contributed by atoms with Gasteiger partial charge in [0.2, 0.25) is 0 Å². The van der Waals surface area contributed by atoms with Gasteiger partial charge in [-0.2, -0.15) is 0 Å². The Bertz CT molecular complexity index is 756. The number of carbonyl (C=O) groups is 1. The van der Waals surface area contributed by atoms with E-state index in [0.717, 1.165) is 32.1 Å². The molecule has 0 heterocycles. The number of allylic oxidation sites excluding steroid dienone is 1. The Morgan fingerprint density at radius 1 is 0.674 bits per heavy atom. The molecule has 0 radical (unpaired) electrons. The Balaban J connectivity index is 4.27. The normalized spacial score (nSPS) is 14.0. The van der Waals surface area contributed by atoms with Crippen molar-refractivity contribution in [1.82, 2.24) is 0 Å². The molecule has 8 nitrogen and oxygen atoms in total. The molecule has 0 fully saturated rings. The lowest BCUT2D eigenvalue weighted by molar-refractivity contribution is -0.870. The molecule has 0 aliphatic carbocycles. The van der Waals surface area contributed by atoms with Crippen LogP contribution >= 0.6 is 7.82 Å². The van der Waals surface area contributed by atoms with Gasteiger partial charge in [0.1, 0.15) is 19.8 Å². The summed E-state index contributed by atoms with van der Waals surface area (Å²) in [6, 6.07) is 0. The maximum atomic E-state index is 12.5. The number of hydrogen-bond acceptors (Lipinski definition) is 7. The van der Waals surface area contributed by atoms with Gasteiger partial charge in [0.15, 0.2) is 6.10 Å². The summed E-state index contributed by atoms with van der Waals surface area (Å²) in [6.07, 6.45) is 31.8. The van der Waals surface area contributed by atoms with E-state index >= 15 is 0 Å². The zero-order valence-electron chi connectivity index (χ0n) is 30.8. The highest BCUT2D eigenvalue weighted by molar-refractivity contribution is 7.45. The Kier molecular flexibility index (Phi) is 30.7. The first-order chi connectivity index (χ1) is 22.1. The number of ether oxygens (including phenoxy) is 2. The molecule has 0 saturated carbocycles. The van der Waals surface area contributed by atoms with Gasteiger partial charge in [-0.25, -0.2) is 0 Å². The van der Waals surface area contributed by atoms with Crippen LogP contribution in [0.15, 0.2) is 12.3 Å². The molecule has 1 unspecified atom stereocenters. The Morgan fingerprint density at radius 2 is 1.13 bits per heavy atom. The zero-order valence-corrected chi connectivity index (χ0v) is 31.7. The van der Waals surface area contributed by atoms with Gasteiger partial charge in [0.05, 0.1) is 34.0 Å². The largest absolute Gasteiger partial charge is 0.756 e. The molecule has 0 aromatic heterocycles. The van der Waals surface area contributed by atoms with Crippen LogP contribution in [0.3, 0.4) is 0 Å². The number of carbonyl (C=O) groups excluding carboxylic acids is 1. The number of unbranched alkanes of at least 4 members (excludes halogenated alkanes) is 21. The molecule has 9 heteroatoms. The van der Waals surface area contributed by atoms with Crippen LogP contribution in [0.5, 0.6) is 0 Å². The maximum absolute atomic E-state index is 12.5. The molecule has 0 rings (SSSR count). The lowest BCUT2D eigenvalue weighted by Gasteiger charge is -2.28. The molecule has 0 aromatic rings. The number of likely N-dealkylation sites (N-methyl/N-ethyl adjacent to an activating group) is 1. The minimum absolute atomic E-state index is 0.0195. The van der Waals surface area contributed by atoms with E-state index in [9.17, 15) is 14.3 Å². The van der Waals surface area contributed by atoms with Crippen LogP contribution in [0.2, 0.25) is 0 Å². The highest BCUT2D eigenvalue weighted by Gasteiger charge is 2.20. The monoisotopic (exact) mass is 676 g/mol. The summed E-state index contributed by atoms with van der Waals surface area (Å²) in [5, 5.41) is 0. The van der Waals surface area contributed by atoms with Crippen molar-refractivity contribution in [3.8, 4) is 0 Å². The van der Waals surface area contributed by atoms with Crippen molar-refractivity contribution in [3.05, 3.63) is 12.3 Å². The van der Waals surface area contributed by atoms with Crippen molar-refractivity contribution < 1.29 is 37.3 Å². The quantitative estimate of drug-likeness (QED) is 0.0217. The number of nitrogens with zero attached hydrogens (tertiary/aromatic N) is 1. The molecule has 0 amide bonds. The van der Waals surface area contributed by atoms with Crippen LogP contribution in [-0.2, 0) is 27.9 Å². The molecule has 0 spiro atoms. The van der Waals surface area contributed by atoms with E-state index < -0.39 is 13.9 Å². The van der Waals surface area contributed by atoms with E-state index in [4.69, 9.17) is 18.5 Å². The Hall–Kier alpha value is -0.920. The average Bonchev–Trinajstić information content (AvgIpc) is 2.99. The van der Waals surface area contributed by atoms with Gasteiger partial charge >= 0.3 is 5.97 Å². The van der Waals surface area contributed by atoms with Crippen LogP contribution in [0.1, 0.15) is 168 Å². The van der Waals surface area contributed by atoms with Gasteiger partial charge in [0, 0.05) is 6.42 Å². The fourth-order valence-electron chi connectivity index (χ4n) is 5.16. The SMILES string of the molecule is CCCCCCCCCCCCCCCC/C=C/OC[C@@H](COP(=O)([O-])OCC[N+](C)(C)C)OC(=O)CCCCCCCCCC. The smallest absolute Gasteiger partial charge is 0.306 e. The fraction of sp³-hybridized carbons (Fsp3) is 0.919. The van der Waals surface area contributed by atoms with Crippen LogP contribution in [0.25, 0.3) is 0 Å². The van der Waals surface area contributed by atoms with E-state index in [1.165, 1.54) is 116 Å².